The lowest BCUT2D eigenvalue weighted by Crippen LogP contribution is -1.87. The molecule has 1 heteroatoms. The van der Waals surface area contributed by atoms with Crippen molar-refractivity contribution in [1.29, 1.82) is 0 Å². The summed E-state index contributed by atoms with van der Waals surface area (Å²) in [5.41, 5.74) is 0. The minimum Gasteiger partial charge on any atom is -0.300 e. The van der Waals surface area contributed by atoms with Gasteiger partial charge in [-0.15, -0.1) is 0 Å². The van der Waals surface area contributed by atoms with Crippen molar-refractivity contribution in [2.24, 2.45) is 0 Å². The SMILES string of the molecule is C/C=C\C/C=C\C/C=C\CCCC(C)=O. The third-order valence-electron chi connectivity index (χ3n) is 2.01. The van der Waals surface area contributed by atoms with Gasteiger partial charge in [0, 0.05) is 6.42 Å². The van der Waals surface area contributed by atoms with E-state index in [1.165, 1.54) is 0 Å². The summed E-state index contributed by atoms with van der Waals surface area (Å²) in [6.07, 6.45) is 17.6. The van der Waals surface area contributed by atoms with Crippen LogP contribution in [-0.4, -0.2) is 5.78 Å². The van der Waals surface area contributed by atoms with Crippen molar-refractivity contribution in [3.05, 3.63) is 36.5 Å². The summed E-state index contributed by atoms with van der Waals surface area (Å²) in [6.45, 7) is 3.68. The normalized spacial score (nSPS) is 12.1. The van der Waals surface area contributed by atoms with E-state index in [1.807, 2.05) is 6.92 Å². The molecule has 0 rings (SSSR count). The first-order chi connectivity index (χ1) is 7.27. The molecule has 0 amide bonds. The molecule has 0 spiro atoms. The molecule has 0 aromatic rings. The molecule has 0 heterocycles. The molecule has 0 fully saturated rings. The highest BCUT2D eigenvalue weighted by atomic mass is 16.1. The molecule has 0 bridgehead atoms. The Morgan fingerprint density at radius 2 is 1.60 bits per heavy atom. The fourth-order valence-electron chi connectivity index (χ4n) is 1.17. The number of unbranched alkanes of at least 4 members (excludes halogenated alkanes) is 1. The highest BCUT2D eigenvalue weighted by molar-refractivity contribution is 5.75. The Balaban J connectivity index is 3.31. The van der Waals surface area contributed by atoms with Gasteiger partial charge < -0.3 is 4.79 Å². The van der Waals surface area contributed by atoms with E-state index in [0.29, 0.717) is 6.42 Å². The molecule has 0 unspecified atom stereocenters. The summed E-state index contributed by atoms with van der Waals surface area (Å²) < 4.78 is 0. The van der Waals surface area contributed by atoms with Crippen LogP contribution in [0.25, 0.3) is 0 Å². The second-order valence-electron chi connectivity index (χ2n) is 3.58. The van der Waals surface area contributed by atoms with Gasteiger partial charge in [-0.05, 0) is 39.5 Å². The molecule has 84 valence electrons. The molecule has 0 radical (unpaired) electrons. The smallest absolute Gasteiger partial charge is 0.129 e. The summed E-state index contributed by atoms with van der Waals surface area (Å²) >= 11 is 0. The third kappa shape index (κ3) is 12.9. The first kappa shape index (κ1) is 13.9. The summed E-state index contributed by atoms with van der Waals surface area (Å²) in [5.74, 6) is 0.287. The number of Topliss-reactive ketones (excluding diaryl/α,β-unsaturated/α-hetero) is 1. The summed E-state index contributed by atoms with van der Waals surface area (Å²) in [7, 11) is 0. The van der Waals surface area contributed by atoms with Gasteiger partial charge in [0.25, 0.3) is 0 Å². The minimum absolute atomic E-state index is 0.287. The maximum atomic E-state index is 10.6. The summed E-state index contributed by atoms with van der Waals surface area (Å²) in [5, 5.41) is 0. The Labute approximate surface area is 93.6 Å². The molecule has 0 saturated carbocycles. The maximum absolute atomic E-state index is 10.6. The van der Waals surface area contributed by atoms with Crippen LogP contribution < -0.4 is 0 Å². The van der Waals surface area contributed by atoms with Crippen LogP contribution in [0.1, 0.15) is 46.0 Å². The molecular weight excluding hydrogens is 184 g/mol. The average molecular weight is 206 g/mol. The van der Waals surface area contributed by atoms with Crippen molar-refractivity contribution in [1.82, 2.24) is 0 Å². The Morgan fingerprint density at radius 1 is 1.00 bits per heavy atom. The second-order valence-corrected chi connectivity index (χ2v) is 3.58. The molecule has 0 atom stereocenters. The van der Waals surface area contributed by atoms with Crippen molar-refractivity contribution in [3.8, 4) is 0 Å². The van der Waals surface area contributed by atoms with Crippen LogP contribution >= 0.6 is 0 Å². The number of allylic oxidation sites excluding steroid dienone is 6. The largest absolute Gasteiger partial charge is 0.300 e. The standard InChI is InChI=1S/C14H22O/c1-3-4-5-6-7-8-9-10-11-12-13-14(2)15/h3-4,6-7,9-10H,5,8,11-13H2,1-2H3/b4-3-,7-6-,10-9-. The predicted molar refractivity (Wildman–Crippen MR) is 66.9 cm³/mol. The van der Waals surface area contributed by atoms with Gasteiger partial charge in [0.05, 0.1) is 0 Å². The zero-order valence-electron chi connectivity index (χ0n) is 9.91. The van der Waals surface area contributed by atoms with Crippen LogP contribution in [0.5, 0.6) is 0 Å². The molecule has 15 heavy (non-hydrogen) atoms. The topological polar surface area (TPSA) is 17.1 Å². The molecule has 1 nitrogen and oxygen atoms in total. The Morgan fingerprint density at radius 3 is 2.20 bits per heavy atom. The Hall–Kier alpha value is -1.11. The molecule has 0 aliphatic carbocycles. The molecular formula is C14H22O. The lowest BCUT2D eigenvalue weighted by molar-refractivity contribution is -0.117. The van der Waals surface area contributed by atoms with E-state index in [4.69, 9.17) is 0 Å². The highest BCUT2D eigenvalue weighted by Crippen LogP contribution is 1.99. The van der Waals surface area contributed by atoms with Gasteiger partial charge in [-0.2, -0.15) is 0 Å². The summed E-state index contributed by atoms with van der Waals surface area (Å²) in [4.78, 5) is 10.6. The van der Waals surface area contributed by atoms with Gasteiger partial charge in [-0.3, -0.25) is 0 Å². The van der Waals surface area contributed by atoms with E-state index in [9.17, 15) is 4.79 Å². The molecule has 0 aromatic carbocycles. The first-order valence-electron chi connectivity index (χ1n) is 5.68. The molecule has 0 saturated heterocycles. The Kier molecular flexibility index (Phi) is 10.2. The monoisotopic (exact) mass is 206 g/mol. The van der Waals surface area contributed by atoms with E-state index >= 15 is 0 Å². The van der Waals surface area contributed by atoms with Crippen LogP contribution in [0.3, 0.4) is 0 Å². The number of rotatable bonds is 8. The molecule has 0 aliphatic heterocycles. The number of carbonyl (C=O) groups excluding carboxylic acids is 1. The number of carbonyl (C=O) groups is 1. The zero-order valence-corrected chi connectivity index (χ0v) is 9.91. The average Bonchev–Trinajstić information content (AvgIpc) is 2.20. The van der Waals surface area contributed by atoms with Gasteiger partial charge in [-0.25, -0.2) is 0 Å². The molecule has 0 aliphatic rings. The fourth-order valence-corrected chi connectivity index (χ4v) is 1.17. The van der Waals surface area contributed by atoms with E-state index in [2.05, 4.69) is 36.5 Å². The van der Waals surface area contributed by atoms with Crippen molar-refractivity contribution in [2.75, 3.05) is 0 Å². The molecule has 0 N–H and O–H groups in total. The lowest BCUT2D eigenvalue weighted by atomic mass is 10.2. The lowest BCUT2D eigenvalue weighted by Gasteiger charge is -1.90. The number of ketones is 1. The van der Waals surface area contributed by atoms with Gasteiger partial charge in [-0.1, -0.05) is 36.5 Å². The third-order valence-corrected chi connectivity index (χ3v) is 2.01. The van der Waals surface area contributed by atoms with E-state index in [0.717, 1.165) is 25.7 Å². The Bertz CT molecular complexity index is 234. The van der Waals surface area contributed by atoms with Crippen LogP contribution in [-0.2, 0) is 4.79 Å². The quantitative estimate of drug-likeness (QED) is 0.429. The van der Waals surface area contributed by atoms with Crippen LogP contribution in [0.2, 0.25) is 0 Å². The van der Waals surface area contributed by atoms with E-state index < -0.39 is 0 Å². The molecule has 0 aromatic heterocycles. The first-order valence-corrected chi connectivity index (χ1v) is 5.68. The number of hydrogen-bond donors (Lipinski definition) is 0. The zero-order chi connectivity index (χ0) is 11.4. The van der Waals surface area contributed by atoms with Crippen molar-refractivity contribution in [3.63, 3.8) is 0 Å². The van der Waals surface area contributed by atoms with Crippen molar-refractivity contribution in [2.45, 2.75) is 46.0 Å². The summed E-state index contributed by atoms with van der Waals surface area (Å²) in [6, 6.07) is 0. The van der Waals surface area contributed by atoms with E-state index in [1.54, 1.807) is 6.92 Å². The maximum Gasteiger partial charge on any atom is 0.129 e. The van der Waals surface area contributed by atoms with Gasteiger partial charge in [0.2, 0.25) is 0 Å². The predicted octanol–water partition coefficient (Wildman–Crippen LogP) is 4.21. The van der Waals surface area contributed by atoms with Crippen molar-refractivity contribution >= 4 is 5.78 Å². The van der Waals surface area contributed by atoms with Crippen molar-refractivity contribution < 1.29 is 4.79 Å². The van der Waals surface area contributed by atoms with Crippen LogP contribution in [0.4, 0.5) is 0 Å². The van der Waals surface area contributed by atoms with Gasteiger partial charge in [0.15, 0.2) is 0 Å². The van der Waals surface area contributed by atoms with Gasteiger partial charge >= 0.3 is 0 Å². The van der Waals surface area contributed by atoms with E-state index in [-0.39, 0.29) is 5.78 Å². The highest BCUT2D eigenvalue weighted by Gasteiger charge is 1.89. The second kappa shape index (κ2) is 11.0. The van der Waals surface area contributed by atoms with Crippen LogP contribution in [0.15, 0.2) is 36.5 Å². The van der Waals surface area contributed by atoms with Gasteiger partial charge in [0.1, 0.15) is 5.78 Å². The number of hydrogen-bond acceptors (Lipinski definition) is 1. The fraction of sp³-hybridized carbons (Fsp3) is 0.500. The minimum atomic E-state index is 0.287. The van der Waals surface area contributed by atoms with Crippen LogP contribution in [0, 0.1) is 0 Å².